The third-order valence-electron chi connectivity index (χ3n) is 6.12. The fourth-order valence-corrected chi connectivity index (χ4v) is 4.22. The number of hydrogen-bond donors (Lipinski definition) is 2. The van der Waals surface area contributed by atoms with Crippen LogP contribution in [0.4, 0.5) is 5.82 Å². The van der Waals surface area contributed by atoms with E-state index in [1.807, 2.05) is 19.9 Å². The number of nitrogens with zero attached hydrogens (tertiary/aromatic N) is 4. The number of aromatic nitrogens is 3. The number of likely N-dealkylation sites (N-methyl/N-ethyl adjacent to an activating group) is 1. The summed E-state index contributed by atoms with van der Waals surface area (Å²) in [4.78, 5) is 40.4. The number of aryl methyl sites for hydroxylation is 2. The predicted molar refractivity (Wildman–Crippen MR) is 120 cm³/mol. The Balaban J connectivity index is 1.52. The minimum Gasteiger partial charge on any atom is -0.487 e. The van der Waals surface area contributed by atoms with Gasteiger partial charge < -0.3 is 15.4 Å². The largest absolute Gasteiger partial charge is 0.487 e. The zero-order valence-corrected chi connectivity index (χ0v) is 19.2. The highest BCUT2D eigenvalue weighted by Crippen LogP contribution is 2.36. The first-order valence-corrected chi connectivity index (χ1v) is 10.9. The van der Waals surface area contributed by atoms with Crippen LogP contribution in [0.2, 0.25) is 0 Å². The van der Waals surface area contributed by atoms with Gasteiger partial charge in [-0.25, -0.2) is 15.0 Å². The number of rotatable bonds is 3. The molecule has 9 heteroatoms. The molecule has 0 bridgehead atoms. The molecule has 4 rings (SSSR count). The Morgan fingerprint density at radius 3 is 2.81 bits per heavy atom. The van der Waals surface area contributed by atoms with E-state index in [2.05, 4.69) is 39.4 Å². The van der Waals surface area contributed by atoms with Crippen molar-refractivity contribution in [1.29, 1.82) is 0 Å². The fourth-order valence-electron chi connectivity index (χ4n) is 4.22. The molecule has 32 heavy (non-hydrogen) atoms. The molecule has 2 aliphatic heterocycles. The maximum Gasteiger partial charge on any atom is 0.289 e. The minimum absolute atomic E-state index is 0.00410. The van der Waals surface area contributed by atoms with Crippen LogP contribution in [0.15, 0.2) is 18.5 Å². The normalized spacial score (nSPS) is 22.5. The molecule has 4 heterocycles. The van der Waals surface area contributed by atoms with Gasteiger partial charge in [0, 0.05) is 19.4 Å². The maximum absolute atomic E-state index is 13.0. The average Bonchev–Trinajstić information content (AvgIpc) is 2.85. The van der Waals surface area contributed by atoms with E-state index in [-0.39, 0.29) is 29.8 Å². The number of carbonyl (C=O) groups excluding carboxylic acids is 2. The van der Waals surface area contributed by atoms with E-state index >= 15 is 0 Å². The SMILES string of the molecule is Cc1cnc2c(c1)OC[C@H](NC(=O)c1ncc(C)c(C3CC(C)(C)CCN3)n1)C(=O)N2C. The second-order valence-corrected chi connectivity index (χ2v) is 9.46. The summed E-state index contributed by atoms with van der Waals surface area (Å²) in [6, 6.07) is 1.01. The van der Waals surface area contributed by atoms with Crippen LogP contribution in [-0.4, -0.2) is 53.0 Å². The van der Waals surface area contributed by atoms with E-state index < -0.39 is 11.9 Å². The molecule has 2 aliphatic rings. The Morgan fingerprint density at radius 1 is 1.28 bits per heavy atom. The number of nitrogens with one attached hydrogen (secondary N) is 2. The Bertz CT molecular complexity index is 1050. The number of hydrogen-bond acceptors (Lipinski definition) is 7. The Morgan fingerprint density at radius 2 is 2.06 bits per heavy atom. The van der Waals surface area contributed by atoms with Crippen LogP contribution in [0.25, 0.3) is 0 Å². The highest BCUT2D eigenvalue weighted by atomic mass is 16.5. The van der Waals surface area contributed by atoms with E-state index in [0.29, 0.717) is 11.6 Å². The van der Waals surface area contributed by atoms with E-state index in [1.165, 1.54) is 4.90 Å². The monoisotopic (exact) mass is 438 g/mol. The number of piperidine rings is 1. The van der Waals surface area contributed by atoms with Crippen molar-refractivity contribution in [3.63, 3.8) is 0 Å². The molecule has 9 nitrogen and oxygen atoms in total. The van der Waals surface area contributed by atoms with Gasteiger partial charge in [0.2, 0.25) is 5.82 Å². The molecule has 0 spiro atoms. The summed E-state index contributed by atoms with van der Waals surface area (Å²) in [6.45, 7) is 9.24. The molecule has 2 atom stereocenters. The van der Waals surface area contributed by atoms with Gasteiger partial charge in [-0.05, 0) is 55.8 Å². The zero-order valence-electron chi connectivity index (χ0n) is 19.2. The molecule has 2 aromatic rings. The summed E-state index contributed by atoms with van der Waals surface area (Å²) in [5, 5.41) is 6.25. The lowest BCUT2D eigenvalue weighted by atomic mass is 9.78. The molecule has 2 aromatic heterocycles. The lowest BCUT2D eigenvalue weighted by Crippen LogP contribution is -2.49. The molecule has 1 unspecified atom stereocenters. The summed E-state index contributed by atoms with van der Waals surface area (Å²) < 4.78 is 5.79. The van der Waals surface area contributed by atoms with Crippen LogP contribution in [0.5, 0.6) is 5.75 Å². The molecule has 0 saturated carbocycles. The lowest BCUT2D eigenvalue weighted by molar-refractivity contribution is -0.120. The van der Waals surface area contributed by atoms with Gasteiger partial charge in [-0.3, -0.25) is 14.5 Å². The minimum atomic E-state index is -0.873. The third-order valence-corrected chi connectivity index (χ3v) is 6.12. The van der Waals surface area contributed by atoms with Crippen molar-refractivity contribution < 1.29 is 14.3 Å². The summed E-state index contributed by atoms with van der Waals surface area (Å²) in [6.07, 6.45) is 5.36. The summed E-state index contributed by atoms with van der Waals surface area (Å²) in [5.41, 5.74) is 2.88. The van der Waals surface area contributed by atoms with E-state index in [1.54, 1.807) is 19.4 Å². The highest BCUT2D eigenvalue weighted by Gasteiger charge is 2.33. The third kappa shape index (κ3) is 4.43. The van der Waals surface area contributed by atoms with E-state index in [0.717, 1.165) is 36.2 Å². The van der Waals surface area contributed by atoms with Crippen molar-refractivity contribution in [2.45, 2.75) is 52.6 Å². The van der Waals surface area contributed by atoms with Crippen LogP contribution in [0.3, 0.4) is 0 Å². The van der Waals surface area contributed by atoms with Gasteiger partial charge in [-0.15, -0.1) is 0 Å². The van der Waals surface area contributed by atoms with Gasteiger partial charge in [-0.2, -0.15) is 0 Å². The molecule has 2 N–H and O–H groups in total. The second kappa shape index (κ2) is 8.46. The predicted octanol–water partition coefficient (Wildman–Crippen LogP) is 2.09. The Kier molecular flexibility index (Phi) is 5.85. The van der Waals surface area contributed by atoms with E-state index in [4.69, 9.17) is 4.74 Å². The lowest BCUT2D eigenvalue weighted by Gasteiger charge is -2.36. The van der Waals surface area contributed by atoms with Crippen molar-refractivity contribution in [2.75, 3.05) is 25.1 Å². The second-order valence-electron chi connectivity index (χ2n) is 9.46. The highest BCUT2D eigenvalue weighted by molar-refractivity contribution is 6.01. The molecule has 1 fully saturated rings. The van der Waals surface area contributed by atoms with Gasteiger partial charge in [-0.1, -0.05) is 13.8 Å². The molecule has 1 saturated heterocycles. The molecule has 170 valence electrons. The first kappa shape index (κ1) is 22.1. The van der Waals surface area contributed by atoms with Crippen molar-refractivity contribution in [3.8, 4) is 5.75 Å². The molecule has 0 aliphatic carbocycles. The summed E-state index contributed by atoms with van der Waals surface area (Å²) in [5.74, 6) is 0.167. The van der Waals surface area contributed by atoms with Crippen molar-refractivity contribution in [3.05, 3.63) is 41.1 Å². The number of fused-ring (bicyclic) bond motifs is 1. The molecule has 0 radical (unpaired) electrons. The van der Waals surface area contributed by atoms with Crippen LogP contribution in [0, 0.1) is 19.3 Å². The fraction of sp³-hybridized carbons (Fsp3) is 0.522. The Hall–Kier alpha value is -3.07. The standard InChI is InChI=1S/C23H30N6O3/c1-13-8-17-20(26-10-13)29(5)22(31)16(12-32-17)27-21(30)19-25-11-14(2)18(28-19)15-9-23(3,4)6-7-24-15/h8,10-11,15-16,24H,6-7,9,12H2,1-5H3,(H,27,30)/t15?,16-/m0/s1. The first-order valence-electron chi connectivity index (χ1n) is 10.9. The van der Waals surface area contributed by atoms with E-state index in [9.17, 15) is 9.59 Å². The first-order chi connectivity index (χ1) is 15.1. The molecular formula is C23H30N6O3. The van der Waals surface area contributed by atoms with Crippen molar-refractivity contribution in [2.24, 2.45) is 5.41 Å². The topological polar surface area (TPSA) is 109 Å². The number of ether oxygens (including phenoxy) is 1. The van der Waals surface area contributed by atoms with Crippen molar-refractivity contribution in [1.82, 2.24) is 25.6 Å². The molecule has 2 amide bonds. The number of amides is 2. The Labute approximate surface area is 188 Å². The van der Waals surface area contributed by atoms with Crippen LogP contribution >= 0.6 is 0 Å². The zero-order chi connectivity index (χ0) is 23.0. The van der Waals surface area contributed by atoms with Crippen LogP contribution in [-0.2, 0) is 4.79 Å². The van der Waals surface area contributed by atoms with Crippen LogP contribution in [0.1, 0.15) is 60.2 Å². The summed E-state index contributed by atoms with van der Waals surface area (Å²) in [7, 11) is 1.62. The molecule has 0 aromatic carbocycles. The molecular weight excluding hydrogens is 408 g/mol. The van der Waals surface area contributed by atoms with Gasteiger partial charge >= 0.3 is 0 Å². The average molecular weight is 439 g/mol. The van der Waals surface area contributed by atoms with Crippen LogP contribution < -0.4 is 20.3 Å². The number of carbonyl (C=O) groups is 2. The van der Waals surface area contributed by atoms with Crippen molar-refractivity contribution >= 4 is 17.6 Å². The van der Waals surface area contributed by atoms with Gasteiger partial charge in [0.05, 0.1) is 11.7 Å². The van der Waals surface area contributed by atoms with Gasteiger partial charge in [0.15, 0.2) is 11.6 Å². The maximum atomic E-state index is 13.0. The summed E-state index contributed by atoms with van der Waals surface area (Å²) >= 11 is 0. The van der Waals surface area contributed by atoms with Gasteiger partial charge in [0.25, 0.3) is 11.8 Å². The smallest absolute Gasteiger partial charge is 0.289 e. The number of pyridine rings is 1. The quantitative estimate of drug-likeness (QED) is 0.755. The number of anilines is 1. The van der Waals surface area contributed by atoms with Gasteiger partial charge in [0.1, 0.15) is 12.6 Å².